The third-order valence-corrected chi connectivity index (χ3v) is 8.37. The molecule has 0 saturated carbocycles. The summed E-state index contributed by atoms with van der Waals surface area (Å²) in [7, 11) is 1.57. The third-order valence-electron chi connectivity index (χ3n) is 7.04. The lowest BCUT2D eigenvalue weighted by Crippen LogP contribution is -2.31. The van der Waals surface area contributed by atoms with E-state index in [-0.39, 0.29) is 17.3 Å². The van der Waals surface area contributed by atoms with Gasteiger partial charge in [-0.2, -0.15) is 0 Å². The molecule has 4 aromatic rings. The number of nitrogens with zero attached hydrogens (tertiary/aromatic N) is 2. The fourth-order valence-corrected chi connectivity index (χ4v) is 5.82. The molecule has 11 heteroatoms. The highest BCUT2D eigenvalue weighted by atomic mass is 35.5. The minimum Gasteiger partial charge on any atom is -0.495 e. The molecule has 0 aliphatic carbocycles. The van der Waals surface area contributed by atoms with E-state index < -0.39 is 11.4 Å². The van der Waals surface area contributed by atoms with Crippen molar-refractivity contribution in [3.63, 3.8) is 0 Å². The van der Waals surface area contributed by atoms with Crippen LogP contribution in [0.2, 0.25) is 5.02 Å². The average Bonchev–Trinajstić information content (AvgIpc) is 3.39. The first kappa shape index (κ1) is 30.9. The Kier molecular flexibility index (Phi) is 9.80. The number of benzene rings is 3. The summed E-state index contributed by atoms with van der Waals surface area (Å²) in [5.41, 5.74) is 9.17. The first-order valence-electron chi connectivity index (χ1n) is 13.2. The van der Waals surface area contributed by atoms with Gasteiger partial charge in [0.05, 0.1) is 29.6 Å². The molecule has 5 N–H and O–H groups in total. The van der Waals surface area contributed by atoms with E-state index in [1.54, 1.807) is 31.4 Å². The van der Waals surface area contributed by atoms with Crippen molar-refractivity contribution in [2.24, 2.45) is 5.73 Å². The number of aromatic carboxylic acids is 1. The number of imidazole rings is 1. The van der Waals surface area contributed by atoms with E-state index >= 15 is 0 Å². The zero-order chi connectivity index (χ0) is 30.4. The molecule has 0 aliphatic rings. The molecule has 3 aromatic carbocycles. The van der Waals surface area contributed by atoms with Crippen molar-refractivity contribution in [3.05, 3.63) is 106 Å². The van der Waals surface area contributed by atoms with Gasteiger partial charge in [0.25, 0.3) is 0 Å². The molecule has 0 bridgehead atoms. The molecule has 42 heavy (non-hydrogen) atoms. The van der Waals surface area contributed by atoms with Crippen molar-refractivity contribution in [3.8, 4) is 11.4 Å². The van der Waals surface area contributed by atoms with Gasteiger partial charge < -0.3 is 20.9 Å². The molecule has 1 aromatic heterocycles. The number of rotatable bonds is 12. The summed E-state index contributed by atoms with van der Waals surface area (Å²) in [6.45, 7) is 4.63. The summed E-state index contributed by atoms with van der Waals surface area (Å²) in [4.78, 5) is 16.8. The zero-order valence-corrected chi connectivity index (χ0v) is 25.2. The zero-order valence-electron chi connectivity index (χ0n) is 23.6. The van der Waals surface area contributed by atoms with Crippen LogP contribution in [0.25, 0.3) is 5.69 Å². The second-order valence-electron chi connectivity index (χ2n) is 10.2. The van der Waals surface area contributed by atoms with Crippen molar-refractivity contribution in [2.45, 2.75) is 43.0 Å². The van der Waals surface area contributed by atoms with Crippen LogP contribution in [0.3, 0.4) is 0 Å². The van der Waals surface area contributed by atoms with Crippen LogP contribution in [0.4, 0.5) is 4.39 Å². The Labute approximate surface area is 253 Å². The highest BCUT2D eigenvalue weighted by molar-refractivity contribution is 7.98. The Balaban J connectivity index is 1.65. The maximum Gasteiger partial charge on any atom is 0.335 e. The van der Waals surface area contributed by atoms with Crippen LogP contribution in [-0.2, 0) is 17.6 Å². The lowest BCUT2D eigenvalue weighted by molar-refractivity contribution is 0.0695. The molecule has 0 spiro atoms. The molecule has 1 heterocycles. The Hall–Kier alpha value is -4.02. The number of aryl methyl sites for hydroxylation is 1. The van der Waals surface area contributed by atoms with Crippen molar-refractivity contribution >= 4 is 35.3 Å². The number of hydrogen-bond donors (Lipinski definition) is 4. The Morgan fingerprint density at radius 1 is 1.19 bits per heavy atom. The molecular weight excluding hydrogens is 577 g/mol. The first-order valence-corrected chi connectivity index (χ1v) is 14.6. The van der Waals surface area contributed by atoms with Crippen molar-refractivity contribution < 1.29 is 19.0 Å². The van der Waals surface area contributed by atoms with Gasteiger partial charge in [-0.05, 0) is 72.0 Å². The fourth-order valence-electron chi connectivity index (χ4n) is 4.69. The van der Waals surface area contributed by atoms with E-state index in [0.29, 0.717) is 41.1 Å². The Morgan fingerprint density at radius 2 is 1.93 bits per heavy atom. The topological polar surface area (TPSA) is 126 Å². The quantitative estimate of drug-likeness (QED) is 0.0633. The van der Waals surface area contributed by atoms with Crippen LogP contribution < -0.4 is 15.8 Å². The standard InChI is InChI=1S/C31H33ClFN5O3S/c1-31(2,21-8-13-25(32)26(16-21)41-3)27-17-37-30(38(27)23-11-9-22(33)10-12-23)42-18-19-6-7-20(24(15-19)28(39)40)5-4-14-36-29(34)35/h6-13,15-17H,4-5,14,18H2,1-3H3,(H,39,40)(H4,34,35,36). The van der Waals surface area contributed by atoms with Crippen molar-refractivity contribution in [1.29, 1.82) is 5.41 Å². The van der Waals surface area contributed by atoms with E-state index in [1.165, 1.54) is 23.9 Å². The third kappa shape index (κ3) is 7.06. The predicted octanol–water partition coefficient (Wildman–Crippen LogP) is 6.41. The van der Waals surface area contributed by atoms with Crippen LogP contribution >= 0.6 is 23.4 Å². The van der Waals surface area contributed by atoms with E-state index in [9.17, 15) is 14.3 Å². The number of ether oxygens (including phenoxy) is 1. The molecular formula is C31H33ClFN5O3S. The molecule has 0 atom stereocenters. The number of methoxy groups -OCH3 is 1. The van der Waals surface area contributed by atoms with Gasteiger partial charge in [0, 0.05) is 23.4 Å². The highest BCUT2D eigenvalue weighted by Crippen LogP contribution is 2.39. The molecule has 0 aliphatic heterocycles. The number of nitrogens with one attached hydrogen (secondary N) is 2. The summed E-state index contributed by atoms with van der Waals surface area (Å²) >= 11 is 7.75. The van der Waals surface area contributed by atoms with Gasteiger partial charge in [-0.3, -0.25) is 9.98 Å². The smallest absolute Gasteiger partial charge is 0.335 e. The van der Waals surface area contributed by atoms with Crippen molar-refractivity contribution in [1.82, 2.24) is 14.9 Å². The number of nitrogens with two attached hydrogens (primary N) is 1. The van der Waals surface area contributed by atoms with Gasteiger partial charge in [0.2, 0.25) is 0 Å². The fraction of sp³-hybridized carbons (Fsp3) is 0.258. The van der Waals surface area contributed by atoms with E-state index in [4.69, 9.17) is 32.5 Å². The molecule has 0 radical (unpaired) electrons. The number of thioether (sulfide) groups is 1. The van der Waals surface area contributed by atoms with Gasteiger partial charge in [-0.1, -0.05) is 55.4 Å². The van der Waals surface area contributed by atoms with Crippen LogP contribution in [0, 0.1) is 11.2 Å². The van der Waals surface area contributed by atoms with Crippen LogP contribution in [0.15, 0.2) is 72.0 Å². The summed E-state index contributed by atoms with van der Waals surface area (Å²) in [5.74, 6) is -0.405. The highest BCUT2D eigenvalue weighted by Gasteiger charge is 2.30. The van der Waals surface area contributed by atoms with Crippen molar-refractivity contribution in [2.75, 3.05) is 13.7 Å². The molecule has 8 nitrogen and oxygen atoms in total. The molecule has 0 fully saturated rings. The Bertz CT molecular complexity index is 1590. The summed E-state index contributed by atoms with van der Waals surface area (Å²) in [6.07, 6.45) is 2.99. The number of carboxylic acids is 1. The number of carbonyl (C=O) groups is 1. The SMILES string of the molecule is COc1cc(C(C)(C)c2cnc(SCc3ccc(CCCNC(=N)N)c(C(=O)O)c3)n2-c2ccc(F)cc2)ccc1Cl. The van der Waals surface area contributed by atoms with E-state index in [1.807, 2.05) is 35.0 Å². The predicted molar refractivity (Wildman–Crippen MR) is 165 cm³/mol. The molecule has 220 valence electrons. The number of carboxylic acid groups (broad SMARTS) is 1. The molecule has 4 rings (SSSR count). The summed E-state index contributed by atoms with van der Waals surface area (Å²) in [5, 5.41) is 21.0. The van der Waals surface area contributed by atoms with Gasteiger partial charge in [0.15, 0.2) is 11.1 Å². The van der Waals surface area contributed by atoms with E-state index in [2.05, 4.69) is 19.2 Å². The number of hydrogen-bond acceptors (Lipinski definition) is 5. The normalized spacial score (nSPS) is 11.4. The largest absolute Gasteiger partial charge is 0.495 e. The first-order chi connectivity index (χ1) is 20.0. The minimum atomic E-state index is -0.994. The number of guanidine groups is 1. The monoisotopic (exact) mass is 609 g/mol. The van der Waals surface area contributed by atoms with Gasteiger partial charge in [0.1, 0.15) is 11.6 Å². The minimum absolute atomic E-state index is 0.112. The number of aromatic nitrogens is 2. The lowest BCUT2D eigenvalue weighted by Gasteiger charge is -2.28. The van der Waals surface area contributed by atoms with Crippen LogP contribution in [0.5, 0.6) is 5.75 Å². The lowest BCUT2D eigenvalue weighted by atomic mass is 9.81. The second-order valence-corrected chi connectivity index (χ2v) is 11.6. The molecule has 0 unspecified atom stereocenters. The molecule has 0 amide bonds. The maximum atomic E-state index is 13.9. The van der Waals surface area contributed by atoms with Gasteiger partial charge >= 0.3 is 5.97 Å². The summed E-state index contributed by atoms with van der Waals surface area (Å²) in [6, 6.07) is 17.3. The van der Waals surface area contributed by atoms with Gasteiger partial charge in [-0.25, -0.2) is 14.2 Å². The Morgan fingerprint density at radius 3 is 2.60 bits per heavy atom. The number of halogens is 2. The van der Waals surface area contributed by atoms with Crippen LogP contribution in [0.1, 0.15) is 53.0 Å². The second kappa shape index (κ2) is 13.3. The van der Waals surface area contributed by atoms with E-state index in [0.717, 1.165) is 28.1 Å². The average molecular weight is 610 g/mol. The molecule has 0 saturated heterocycles. The van der Waals surface area contributed by atoms with Gasteiger partial charge in [-0.15, -0.1) is 0 Å². The summed E-state index contributed by atoms with van der Waals surface area (Å²) < 4.78 is 21.3. The maximum absolute atomic E-state index is 13.9. The van der Waals surface area contributed by atoms with Crippen LogP contribution in [-0.4, -0.2) is 40.2 Å².